The lowest BCUT2D eigenvalue weighted by molar-refractivity contribution is 0.414. The quantitative estimate of drug-likeness (QED) is 0.661. The molecule has 0 fully saturated rings. The summed E-state index contributed by atoms with van der Waals surface area (Å²) < 4.78 is 5.24. The first-order valence-electron chi connectivity index (χ1n) is 8.99. The molecular weight excluding hydrogens is 338 g/mol. The molecule has 0 saturated carbocycles. The zero-order valence-electron chi connectivity index (χ0n) is 15.2. The van der Waals surface area contributed by atoms with Gasteiger partial charge in [0.1, 0.15) is 11.6 Å². The molecule has 3 aromatic rings. The summed E-state index contributed by atoms with van der Waals surface area (Å²) in [5.41, 5.74) is 16.4. The van der Waals surface area contributed by atoms with Crippen LogP contribution in [0.5, 0.6) is 5.75 Å². The van der Waals surface area contributed by atoms with Crippen molar-refractivity contribution in [1.29, 1.82) is 0 Å². The highest BCUT2D eigenvalue weighted by Gasteiger charge is 2.32. The van der Waals surface area contributed by atoms with E-state index < -0.39 is 0 Å². The van der Waals surface area contributed by atoms with Gasteiger partial charge < -0.3 is 21.5 Å². The van der Waals surface area contributed by atoms with Crippen molar-refractivity contribution in [2.45, 2.75) is 18.4 Å². The Morgan fingerprint density at radius 2 is 1.78 bits per heavy atom. The van der Waals surface area contributed by atoms with Crippen LogP contribution in [-0.4, -0.2) is 23.6 Å². The first kappa shape index (κ1) is 17.3. The zero-order chi connectivity index (χ0) is 18.8. The average molecular weight is 361 g/mol. The maximum absolute atomic E-state index is 6.28. The Bertz CT molecular complexity index is 927. The van der Waals surface area contributed by atoms with Gasteiger partial charge in [0.05, 0.1) is 12.8 Å². The Hall–Kier alpha value is -3.12. The van der Waals surface area contributed by atoms with E-state index in [2.05, 4.69) is 39.6 Å². The molecule has 1 aromatic heterocycles. The molecule has 6 nitrogen and oxygen atoms in total. The molecule has 27 heavy (non-hydrogen) atoms. The molecule has 4 rings (SSSR count). The maximum Gasteiger partial charge on any atom is 0.222 e. The Morgan fingerprint density at radius 1 is 1.04 bits per heavy atom. The van der Waals surface area contributed by atoms with Crippen molar-refractivity contribution >= 4 is 11.8 Å². The Labute approximate surface area is 158 Å². The van der Waals surface area contributed by atoms with Crippen molar-refractivity contribution in [2.24, 2.45) is 0 Å². The van der Waals surface area contributed by atoms with E-state index in [1.165, 1.54) is 11.1 Å². The maximum atomic E-state index is 6.28. The van der Waals surface area contributed by atoms with Gasteiger partial charge in [0.25, 0.3) is 0 Å². The monoisotopic (exact) mass is 361 g/mol. The van der Waals surface area contributed by atoms with Crippen LogP contribution in [0.2, 0.25) is 0 Å². The van der Waals surface area contributed by atoms with Crippen LogP contribution in [-0.2, 0) is 6.42 Å². The topological polar surface area (TPSA) is 99.1 Å². The first-order chi connectivity index (χ1) is 13.2. The largest absolute Gasteiger partial charge is 0.497 e. The van der Waals surface area contributed by atoms with E-state index in [0.717, 1.165) is 30.0 Å². The molecule has 0 bridgehead atoms. The number of nitrogen functional groups attached to an aromatic ring is 2. The first-order valence-corrected chi connectivity index (χ1v) is 8.99. The number of hydrogen-bond acceptors (Lipinski definition) is 6. The molecule has 0 aliphatic carbocycles. The summed E-state index contributed by atoms with van der Waals surface area (Å²) in [5, 5.41) is 3.63. The summed E-state index contributed by atoms with van der Waals surface area (Å²) in [6.45, 7) is 0.772. The van der Waals surface area contributed by atoms with E-state index >= 15 is 0 Å². The fourth-order valence-corrected chi connectivity index (χ4v) is 3.74. The second-order valence-corrected chi connectivity index (χ2v) is 6.74. The number of nitrogens with one attached hydrogen (secondary N) is 1. The predicted octanol–water partition coefficient (Wildman–Crippen LogP) is 2.67. The van der Waals surface area contributed by atoms with E-state index in [0.29, 0.717) is 5.82 Å². The SMILES string of the molecule is COc1ccc(CC2NCC(c3ccccc3)c3nc(N)nc(N)c32)cc1. The van der Waals surface area contributed by atoms with Crippen LogP contribution in [0.25, 0.3) is 0 Å². The highest BCUT2D eigenvalue weighted by atomic mass is 16.5. The smallest absolute Gasteiger partial charge is 0.222 e. The number of nitrogens with zero attached hydrogens (tertiary/aromatic N) is 2. The standard InChI is InChI=1S/C21H23N5O/c1-27-15-9-7-13(8-10-15)11-17-18-19(25-21(23)26-20(18)22)16(12-24-17)14-5-3-2-4-6-14/h2-10,16-17,24H,11-12H2,1H3,(H4,22,23,25,26). The minimum absolute atomic E-state index is 0.0361. The van der Waals surface area contributed by atoms with E-state index in [1.54, 1.807) is 7.11 Å². The molecule has 2 atom stereocenters. The van der Waals surface area contributed by atoms with Crippen molar-refractivity contribution in [2.75, 3.05) is 25.1 Å². The normalized spacial score (nSPS) is 18.7. The second-order valence-electron chi connectivity index (χ2n) is 6.74. The number of benzene rings is 2. The van der Waals surface area contributed by atoms with Gasteiger partial charge in [-0.05, 0) is 29.7 Å². The Morgan fingerprint density at radius 3 is 2.48 bits per heavy atom. The summed E-state index contributed by atoms with van der Waals surface area (Å²) in [6.07, 6.45) is 0.788. The third-order valence-corrected chi connectivity index (χ3v) is 5.07. The molecule has 2 aromatic carbocycles. The molecule has 0 radical (unpaired) electrons. The van der Waals surface area contributed by atoms with E-state index in [-0.39, 0.29) is 17.9 Å². The number of aromatic nitrogens is 2. The molecule has 2 unspecified atom stereocenters. The Kier molecular flexibility index (Phi) is 4.64. The molecule has 1 aliphatic rings. The number of fused-ring (bicyclic) bond motifs is 1. The molecule has 2 heterocycles. The lowest BCUT2D eigenvalue weighted by Crippen LogP contribution is -2.36. The lowest BCUT2D eigenvalue weighted by atomic mass is 9.84. The molecule has 0 amide bonds. The van der Waals surface area contributed by atoms with Crippen molar-refractivity contribution in [3.63, 3.8) is 0 Å². The van der Waals surface area contributed by atoms with Crippen LogP contribution in [0.3, 0.4) is 0 Å². The Balaban J connectivity index is 1.71. The van der Waals surface area contributed by atoms with Gasteiger partial charge in [0.15, 0.2) is 0 Å². The van der Waals surface area contributed by atoms with Crippen LogP contribution in [0, 0.1) is 0 Å². The summed E-state index contributed by atoms with van der Waals surface area (Å²) in [6, 6.07) is 18.4. The summed E-state index contributed by atoms with van der Waals surface area (Å²) in [4.78, 5) is 8.80. The van der Waals surface area contributed by atoms with Crippen molar-refractivity contribution in [3.05, 3.63) is 77.0 Å². The van der Waals surface area contributed by atoms with E-state index in [9.17, 15) is 0 Å². The van der Waals surface area contributed by atoms with Crippen LogP contribution in [0.4, 0.5) is 11.8 Å². The van der Waals surface area contributed by atoms with Gasteiger partial charge in [0.2, 0.25) is 5.95 Å². The predicted molar refractivity (Wildman–Crippen MR) is 107 cm³/mol. The number of rotatable bonds is 4. The summed E-state index contributed by atoms with van der Waals surface area (Å²) >= 11 is 0. The van der Waals surface area contributed by atoms with Crippen molar-refractivity contribution in [3.8, 4) is 5.75 Å². The molecule has 0 saturated heterocycles. The van der Waals surface area contributed by atoms with Gasteiger partial charge in [-0.2, -0.15) is 4.98 Å². The van der Waals surface area contributed by atoms with E-state index in [4.69, 9.17) is 16.2 Å². The van der Waals surface area contributed by atoms with Crippen molar-refractivity contribution in [1.82, 2.24) is 15.3 Å². The van der Waals surface area contributed by atoms with Gasteiger partial charge >= 0.3 is 0 Å². The van der Waals surface area contributed by atoms with Gasteiger partial charge in [0, 0.05) is 24.1 Å². The highest BCUT2D eigenvalue weighted by Crippen LogP contribution is 2.37. The number of anilines is 2. The van der Waals surface area contributed by atoms with Gasteiger partial charge in [-0.25, -0.2) is 4.98 Å². The molecule has 6 heteroatoms. The molecule has 138 valence electrons. The fourth-order valence-electron chi connectivity index (χ4n) is 3.74. The summed E-state index contributed by atoms with van der Waals surface area (Å²) in [7, 11) is 1.67. The minimum atomic E-state index is 0.0361. The average Bonchev–Trinajstić information content (AvgIpc) is 2.69. The third-order valence-electron chi connectivity index (χ3n) is 5.07. The van der Waals surface area contributed by atoms with E-state index in [1.807, 2.05) is 30.3 Å². The van der Waals surface area contributed by atoms with Gasteiger partial charge in [-0.15, -0.1) is 0 Å². The number of methoxy groups -OCH3 is 1. The second kappa shape index (κ2) is 7.25. The summed E-state index contributed by atoms with van der Waals surface area (Å²) in [5.74, 6) is 1.61. The molecule has 5 N–H and O–H groups in total. The fraction of sp³-hybridized carbons (Fsp3) is 0.238. The van der Waals surface area contributed by atoms with Crippen molar-refractivity contribution < 1.29 is 4.74 Å². The molecular formula is C21H23N5O. The molecule has 1 aliphatic heterocycles. The van der Waals surface area contributed by atoms with Crippen LogP contribution in [0.15, 0.2) is 54.6 Å². The number of nitrogens with two attached hydrogens (primary N) is 2. The van der Waals surface area contributed by atoms with Crippen LogP contribution >= 0.6 is 0 Å². The zero-order valence-corrected chi connectivity index (χ0v) is 15.2. The molecule has 0 spiro atoms. The highest BCUT2D eigenvalue weighted by molar-refractivity contribution is 5.53. The third kappa shape index (κ3) is 3.44. The lowest BCUT2D eigenvalue weighted by Gasteiger charge is -2.33. The minimum Gasteiger partial charge on any atom is -0.497 e. The van der Waals surface area contributed by atoms with Gasteiger partial charge in [-0.1, -0.05) is 42.5 Å². The van der Waals surface area contributed by atoms with Gasteiger partial charge in [-0.3, -0.25) is 0 Å². The van der Waals surface area contributed by atoms with Crippen LogP contribution in [0.1, 0.15) is 34.3 Å². The number of ether oxygens (including phenoxy) is 1. The van der Waals surface area contributed by atoms with Crippen LogP contribution < -0.4 is 21.5 Å². The number of hydrogen-bond donors (Lipinski definition) is 3.